The number of benzene rings is 1. The Kier molecular flexibility index (Phi) is 5.25. The SMILES string of the molecule is CCCCCc1ccc(C(Cl)(Cl)Cl)cc1. The summed E-state index contributed by atoms with van der Waals surface area (Å²) in [5.41, 5.74) is 2.04. The van der Waals surface area contributed by atoms with Crippen LogP contribution in [0, 0.1) is 0 Å². The lowest BCUT2D eigenvalue weighted by Gasteiger charge is -2.11. The molecule has 84 valence electrons. The molecule has 0 aliphatic rings. The summed E-state index contributed by atoms with van der Waals surface area (Å²) in [4.78, 5) is 0. The first-order valence-electron chi connectivity index (χ1n) is 5.20. The van der Waals surface area contributed by atoms with Crippen molar-refractivity contribution >= 4 is 34.8 Å². The molecular weight excluding hydrogens is 250 g/mol. The van der Waals surface area contributed by atoms with Crippen molar-refractivity contribution in [2.24, 2.45) is 0 Å². The molecule has 0 amide bonds. The first kappa shape index (κ1) is 13.2. The lowest BCUT2D eigenvalue weighted by molar-refractivity contribution is 0.717. The Morgan fingerprint density at radius 1 is 1.00 bits per heavy atom. The van der Waals surface area contributed by atoms with Gasteiger partial charge in [-0.3, -0.25) is 0 Å². The maximum absolute atomic E-state index is 5.77. The van der Waals surface area contributed by atoms with E-state index in [1.165, 1.54) is 24.8 Å². The number of aryl methyl sites for hydroxylation is 1. The van der Waals surface area contributed by atoms with Gasteiger partial charge in [0.05, 0.1) is 0 Å². The molecule has 0 N–H and O–H groups in total. The van der Waals surface area contributed by atoms with Crippen LogP contribution < -0.4 is 0 Å². The van der Waals surface area contributed by atoms with Gasteiger partial charge in [-0.25, -0.2) is 0 Å². The summed E-state index contributed by atoms with van der Waals surface area (Å²) >= 11 is 17.3. The third-order valence-electron chi connectivity index (χ3n) is 2.35. The van der Waals surface area contributed by atoms with Gasteiger partial charge in [0.15, 0.2) is 0 Å². The number of halogens is 3. The zero-order valence-corrected chi connectivity index (χ0v) is 11.0. The van der Waals surface area contributed by atoms with E-state index in [4.69, 9.17) is 34.8 Å². The second-order valence-electron chi connectivity index (χ2n) is 3.65. The normalized spacial score (nSPS) is 11.7. The first-order valence-corrected chi connectivity index (χ1v) is 6.33. The summed E-state index contributed by atoms with van der Waals surface area (Å²) in [6.07, 6.45) is 4.84. The minimum absolute atomic E-state index is 0.728. The lowest BCUT2D eigenvalue weighted by atomic mass is 10.1. The summed E-state index contributed by atoms with van der Waals surface area (Å²) in [6.45, 7) is 2.20. The van der Waals surface area contributed by atoms with E-state index < -0.39 is 3.79 Å². The summed E-state index contributed by atoms with van der Waals surface area (Å²) in [7, 11) is 0. The highest BCUT2D eigenvalue weighted by molar-refractivity contribution is 6.66. The Bertz CT molecular complexity index is 285. The number of hydrogen-bond donors (Lipinski definition) is 0. The van der Waals surface area contributed by atoms with E-state index in [1.54, 1.807) is 0 Å². The van der Waals surface area contributed by atoms with Crippen LogP contribution in [0.1, 0.15) is 37.3 Å². The summed E-state index contributed by atoms with van der Waals surface area (Å²) in [6, 6.07) is 7.84. The van der Waals surface area contributed by atoms with Gasteiger partial charge in [-0.05, 0) is 18.4 Å². The predicted octanol–water partition coefficient (Wildman–Crippen LogP) is 5.25. The van der Waals surface area contributed by atoms with Gasteiger partial charge in [-0.2, -0.15) is 0 Å². The molecule has 0 atom stereocenters. The average Bonchev–Trinajstić information content (AvgIpc) is 2.18. The summed E-state index contributed by atoms with van der Waals surface area (Å²) in [5.74, 6) is 0. The zero-order chi connectivity index (χ0) is 11.3. The molecule has 0 radical (unpaired) electrons. The van der Waals surface area contributed by atoms with Crippen LogP contribution in [0.2, 0.25) is 0 Å². The number of rotatable bonds is 4. The van der Waals surface area contributed by atoms with Crippen LogP contribution in [0.4, 0.5) is 0 Å². The fourth-order valence-corrected chi connectivity index (χ4v) is 1.82. The van der Waals surface area contributed by atoms with Crippen molar-refractivity contribution in [3.63, 3.8) is 0 Å². The maximum atomic E-state index is 5.77. The predicted molar refractivity (Wildman–Crippen MR) is 68.9 cm³/mol. The fourth-order valence-electron chi connectivity index (χ4n) is 1.44. The highest BCUT2D eigenvalue weighted by Crippen LogP contribution is 2.38. The van der Waals surface area contributed by atoms with Crippen LogP contribution in [0.3, 0.4) is 0 Å². The van der Waals surface area contributed by atoms with E-state index in [2.05, 4.69) is 6.92 Å². The average molecular weight is 266 g/mol. The molecule has 1 aromatic rings. The monoisotopic (exact) mass is 264 g/mol. The van der Waals surface area contributed by atoms with E-state index in [0.29, 0.717) is 0 Å². The molecule has 0 aliphatic heterocycles. The molecular formula is C12H15Cl3. The van der Waals surface area contributed by atoms with Gasteiger partial charge in [0.25, 0.3) is 0 Å². The van der Waals surface area contributed by atoms with Crippen molar-refractivity contribution in [3.05, 3.63) is 35.4 Å². The Morgan fingerprint density at radius 2 is 1.60 bits per heavy atom. The largest absolute Gasteiger partial charge is 0.216 e. The smallest absolute Gasteiger partial charge is 0.0784 e. The van der Waals surface area contributed by atoms with Crippen molar-refractivity contribution < 1.29 is 0 Å². The zero-order valence-electron chi connectivity index (χ0n) is 8.77. The van der Waals surface area contributed by atoms with Crippen molar-refractivity contribution in [2.45, 2.75) is 36.4 Å². The topological polar surface area (TPSA) is 0 Å². The molecule has 0 unspecified atom stereocenters. The molecule has 0 aliphatic carbocycles. The van der Waals surface area contributed by atoms with Crippen LogP contribution in [0.25, 0.3) is 0 Å². The van der Waals surface area contributed by atoms with Gasteiger partial charge in [0.1, 0.15) is 0 Å². The fraction of sp³-hybridized carbons (Fsp3) is 0.500. The molecule has 0 saturated carbocycles. The lowest BCUT2D eigenvalue weighted by Crippen LogP contribution is -1.99. The third-order valence-corrected chi connectivity index (χ3v) is 3.00. The molecule has 0 aromatic heterocycles. The highest BCUT2D eigenvalue weighted by atomic mass is 35.6. The second kappa shape index (κ2) is 5.98. The third kappa shape index (κ3) is 4.63. The molecule has 1 rings (SSSR count). The molecule has 0 nitrogen and oxygen atoms in total. The van der Waals surface area contributed by atoms with Gasteiger partial charge in [0.2, 0.25) is 3.79 Å². The van der Waals surface area contributed by atoms with Gasteiger partial charge in [0, 0.05) is 5.56 Å². The second-order valence-corrected chi connectivity index (χ2v) is 5.93. The molecule has 0 spiro atoms. The van der Waals surface area contributed by atoms with Gasteiger partial charge >= 0.3 is 0 Å². The standard InChI is InChI=1S/C12H15Cl3/c1-2-3-4-5-10-6-8-11(9-7-10)12(13,14)15/h6-9H,2-5H2,1H3. The quantitative estimate of drug-likeness (QED) is 0.515. The summed E-state index contributed by atoms with van der Waals surface area (Å²) in [5, 5.41) is 0. The molecule has 0 fully saturated rings. The number of hydrogen-bond acceptors (Lipinski definition) is 0. The van der Waals surface area contributed by atoms with Gasteiger partial charge < -0.3 is 0 Å². The Labute approximate surface area is 107 Å². The van der Waals surface area contributed by atoms with Crippen LogP contribution in [-0.4, -0.2) is 0 Å². The van der Waals surface area contributed by atoms with E-state index >= 15 is 0 Å². The Balaban J connectivity index is 2.57. The van der Waals surface area contributed by atoms with E-state index in [-0.39, 0.29) is 0 Å². The molecule has 0 saturated heterocycles. The van der Waals surface area contributed by atoms with Gasteiger partial charge in [-0.15, -0.1) is 0 Å². The van der Waals surface area contributed by atoms with Gasteiger partial charge in [-0.1, -0.05) is 78.8 Å². The molecule has 3 heteroatoms. The molecule has 1 aromatic carbocycles. The number of unbranched alkanes of at least 4 members (excludes halogenated alkanes) is 2. The maximum Gasteiger partial charge on any atom is 0.216 e. The molecule has 0 bridgehead atoms. The molecule has 0 heterocycles. The van der Waals surface area contributed by atoms with Crippen molar-refractivity contribution in [2.75, 3.05) is 0 Å². The minimum atomic E-state index is -1.30. The number of alkyl halides is 3. The Hall–Kier alpha value is 0.0900. The van der Waals surface area contributed by atoms with E-state index in [9.17, 15) is 0 Å². The van der Waals surface area contributed by atoms with Crippen molar-refractivity contribution in [1.82, 2.24) is 0 Å². The molecule has 15 heavy (non-hydrogen) atoms. The van der Waals surface area contributed by atoms with Crippen molar-refractivity contribution in [1.29, 1.82) is 0 Å². The Morgan fingerprint density at radius 3 is 2.07 bits per heavy atom. The van der Waals surface area contributed by atoms with Crippen LogP contribution in [0.5, 0.6) is 0 Å². The van der Waals surface area contributed by atoms with Crippen molar-refractivity contribution in [3.8, 4) is 0 Å². The first-order chi connectivity index (χ1) is 7.04. The van der Waals surface area contributed by atoms with E-state index in [0.717, 1.165) is 12.0 Å². The summed E-state index contributed by atoms with van der Waals surface area (Å²) < 4.78 is -1.30. The van der Waals surface area contributed by atoms with Crippen LogP contribution >= 0.6 is 34.8 Å². The highest BCUT2D eigenvalue weighted by Gasteiger charge is 2.21. The van der Waals surface area contributed by atoms with E-state index in [1.807, 2.05) is 24.3 Å². The van der Waals surface area contributed by atoms with Crippen LogP contribution in [0.15, 0.2) is 24.3 Å². The van der Waals surface area contributed by atoms with Crippen LogP contribution in [-0.2, 0) is 10.2 Å². The minimum Gasteiger partial charge on any atom is -0.0784 e.